The average molecular weight is 349 g/mol. The Balaban J connectivity index is 2.27. The molecule has 0 bridgehead atoms. The number of β-amino-alcohol motifs (C(OH)–C–C–N with tert-alkyl or cyclic N) is 1. The summed E-state index contributed by atoms with van der Waals surface area (Å²) >= 11 is 9.12. The number of aliphatic carboxylic acids is 1. The van der Waals surface area contributed by atoms with Gasteiger partial charge in [0.05, 0.1) is 11.1 Å². The Morgan fingerprint density at radius 3 is 2.68 bits per heavy atom. The normalized spacial score (nSPS) is 22.6. The highest BCUT2D eigenvalue weighted by atomic mass is 79.9. The first-order chi connectivity index (χ1) is 8.90. The summed E-state index contributed by atoms with van der Waals surface area (Å²) in [6, 6.07) is 3.65. The molecule has 1 saturated heterocycles. The Labute approximate surface area is 122 Å². The summed E-state index contributed by atoms with van der Waals surface area (Å²) in [4.78, 5) is 24.5. The molecule has 1 heterocycles. The van der Waals surface area contributed by atoms with Gasteiger partial charge >= 0.3 is 5.97 Å². The number of aliphatic hydroxyl groups excluding tert-OH is 1. The number of hydrogen-bond acceptors (Lipinski definition) is 3. The van der Waals surface area contributed by atoms with Gasteiger partial charge in [-0.15, -0.1) is 0 Å². The van der Waals surface area contributed by atoms with Gasteiger partial charge in [0.15, 0.2) is 0 Å². The molecule has 5 nitrogen and oxygen atoms in total. The SMILES string of the molecule is O=C(O)[C@@H]1CC(O)CN1C(=O)c1ccc(Br)c(Cl)c1. The van der Waals surface area contributed by atoms with E-state index in [-0.39, 0.29) is 13.0 Å². The van der Waals surface area contributed by atoms with Crippen LogP contribution in [0.5, 0.6) is 0 Å². The van der Waals surface area contributed by atoms with Crippen molar-refractivity contribution in [3.8, 4) is 0 Å². The van der Waals surface area contributed by atoms with E-state index >= 15 is 0 Å². The molecule has 2 rings (SSSR count). The van der Waals surface area contributed by atoms with Crippen molar-refractivity contribution in [2.45, 2.75) is 18.6 Å². The molecule has 1 amide bonds. The molecule has 0 saturated carbocycles. The highest BCUT2D eigenvalue weighted by molar-refractivity contribution is 9.10. The molecule has 0 radical (unpaired) electrons. The first-order valence-corrected chi connectivity index (χ1v) is 6.74. The third kappa shape index (κ3) is 2.91. The number of amides is 1. The second-order valence-corrected chi connectivity index (χ2v) is 5.59. The van der Waals surface area contributed by atoms with E-state index in [9.17, 15) is 14.7 Å². The Morgan fingerprint density at radius 1 is 1.42 bits per heavy atom. The topological polar surface area (TPSA) is 77.8 Å². The molecule has 1 aromatic carbocycles. The predicted molar refractivity (Wildman–Crippen MR) is 72.2 cm³/mol. The second-order valence-electron chi connectivity index (χ2n) is 4.33. The molecule has 0 aliphatic carbocycles. The number of rotatable bonds is 2. The molecule has 1 aliphatic heterocycles. The van der Waals surface area contributed by atoms with Crippen molar-refractivity contribution in [1.29, 1.82) is 0 Å². The Kier molecular flexibility index (Phi) is 4.13. The van der Waals surface area contributed by atoms with E-state index in [1.165, 1.54) is 6.07 Å². The van der Waals surface area contributed by atoms with Gasteiger partial charge in [0.1, 0.15) is 6.04 Å². The van der Waals surface area contributed by atoms with Crippen molar-refractivity contribution in [1.82, 2.24) is 4.90 Å². The number of carboxylic acids is 1. The Hall–Kier alpha value is -1.11. The van der Waals surface area contributed by atoms with Gasteiger partial charge in [0, 0.05) is 23.0 Å². The standard InChI is InChI=1S/C12H11BrClNO4/c13-8-2-1-6(3-9(8)14)11(17)15-5-7(16)4-10(15)12(18)19/h1-3,7,10,16H,4-5H2,(H,18,19)/t7?,10-/m0/s1. The van der Waals surface area contributed by atoms with Gasteiger partial charge in [0.2, 0.25) is 0 Å². The van der Waals surface area contributed by atoms with Crippen molar-refractivity contribution in [2.75, 3.05) is 6.54 Å². The highest BCUT2D eigenvalue weighted by Crippen LogP contribution is 2.26. The molecule has 19 heavy (non-hydrogen) atoms. The van der Waals surface area contributed by atoms with E-state index in [0.29, 0.717) is 15.1 Å². The summed E-state index contributed by atoms with van der Waals surface area (Å²) < 4.78 is 0.655. The quantitative estimate of drug-likeness (QED) is 0.854. The maximum absolute atomic E-state index is 12.2. The summed E-state index contributed by atoms with van der Waals surface area (Å²) in [5, 5.41) is 19.0. The molecule has 2 N–H and O–H groups in total. The maximum atomic E-state index is 12.2. The third-order valence-electron chi connectivity index (χ3n) is 2.99. The summed E-state index contributed by atoms with van der Waals surface area (Å²) in [6.07, 6.45) is -0.762. The second kappa shape index (κ2) is 5.48. The van der Waals surface area contributed by atoms with Crippen LogP contribution in [0.15, 0.2) is 22.7 Å². The molecule has 1 aliphatic rings. The minimum Gasteiger partial charge on any atom is -0.480 e. The van der Waals surface area contributed by atoms with Crippen LogP contribution in [0.2, 0.25) is 5.02 Å². The van der Waals surface area contributed by atoms with Gasteiger partial charge in [-0.25, -0.2) is 4.79 Å². The molecule has 0 spiro atoms. The van der Waals surface area contributed by atoms with Crippen molar-refractivity contribution < 1.29 is 19.8 Å². The molecule has 2 atom stereocenters. The van der Waals surface area contributed by atoms with E-state index < -0.39 is 24.0 Å². The molecule has 102 valence electrons. The fourth-order valence-electron chi connectivity index (χ4n) is 2.07. The number of carbonyl (C=O) groups is 2. The van der Waals surface area contributed by atoms with Crippen LogP contribution in [-0.2, 0) is 4.79 Å². The molecule has 1 unspecified atom stereocenters. The van der Waals surface area contributed by atoms with E-state index in [1.807, 2.05) is 0 Å². The zero-order valence-electron chi connectivity index (χ0n) is 9.72. The van der Waals surface area contributed by atoms with Crippen LogP contribution < -0.4 is 0 Å². The van der Waals surface area contributed by atoms with Crippen molar-refractivity contribution in [3.63, 3.8) is 0 Å². The fourth-order valence-corrected chi connectivity index (χ4v) is 2.49. The van der Waals surface area contributed by atoms with Gasteiger partial charge in [-0.3, -0.25) is 4.79 Å². The van der Waals surface area contributed by atoms with Crippen molar-refractivity contribution >= 4 is 39.4 Å². The number of likely N-dealkylation sites (tertiary alicyclic amines) is 1. The third-order valence-corrected chi connectivity index (χ3v) is 4.22. The molecule has 1 fully saturated rings. The number of benzene rings is 1. The Bertz CT molecular complexity index is 536. The van der Waals surface area contributed by atoms with E-state index in [4.69, 9.17) is 16.7 Å². The molecular weight excluding hydrogens is 337 g/mol. The minimum atomic E-state index is -1.12. The Morgan fingerprint density at radius 2 is 2.11 bits per heavy atom. The van der Waals surface area contributed by atoms with Gasteiger partial charge in [0.25, 0.3) is 5.91 Å². The molecule has 7 heteroatoms. The van der Waals surface area contributed by atoms with Gasteiger partial charge in [-0.2, -0.15) is 0 Å². The first-order valence-electron chi connectivity index (χ1n) is 5.57. The largest absolute Gasteiger partial charge is 0.480 e. The minimum absolute atomic E-state index is 0.0173. The molecular formula is C12H11BrClNO4. The van der Waals surface area contributed by atoms with Crippen LogP contribution in [0.25, 0.3) is 0 Å². The van der Waals surface area contributed by atoms with Crippen LogP contribution in [0.1, 0.15) is 16.8 Å². The van der Waals surface area contributed by atoms with Crippen LogP contribution in [0.4, 0.5) is 0 Å². The van der Waals surface area contributed by atoms with Gasteiger partial charge in [-0.05, 0) is 34.1 Å². The van der Waals surface area contributed by atoms with Crippen LogP contribution in [0.3, 0.4) is 0 Å². The van der Waals surface area contributed by atoms with E-state index in [1.54, 1.807) is 12.1 Å². The van der Waals surface area contributed by atoms with Gasteiger partial charge < -0.3 is 15.1 Å². The summed E-state index contributed by atoms with van der Waals surface area (Å²) in [6.45, 7) is 0.0173. The lowest BCUT2D eigenvalue weighted by molar-refractivity contribution is -0.141. The number of hydrogen-bond donors (Lipinski definition) is 2. The number of halogens is 2. The number of carboxylic acid groups (broad SMARTS) is 1. The van der Waals surface area contributed by atoms with Crippen LogP contribution in [0, 0.1) is 0 Å². The zero-order valence-corrected chi connectivity index (χ0v) is 12.1. The lowest BCUT2D eigenvalue weighted by Gasteiger charge is -2.21. The van der Waals surface area contributed by atoms with Crippen LogP contribution in [-0.4, -0.2) is 45.7 Å². The zero-order chi connectivity index (χ0) is 14.2. The lowest BCUT2D eigenvalue weighted by atomic mass is 10.1. The van der Waals surface area contributed by atoms with E-state index in [2.05, 4.69) is 15.9 Å². The van der Waals surface area contributed by atoms with Crippen LogP contribution >= 0.6 is 27.5 Å². The number of carbonyl (C=O) groups excluding carboxylic acids is 1. The molecule has 0 aromatic heterocycles. The lowest BCUT2D eigenvalue weighted by Crippen LogP contribution is -2.40. The monoisotopic (exact) mass is 347 g/mol. The van der Waals surface area contributed by atoms with Crippen molar-refractivity contribution in [2.24, 2.45) is 0 Å². The smallest absolute Gasteiger partial charge is 0.326 e. The summed E-state index contributed by atoms with van der Waals surface area (Å²) in [5.41, 5.74) is 0.300. The first kappa shape index (κ1) is 14.3. The highest BCUT2D eigenvalue weighted by Gasteiger charge is 2.39. The maximum Gasteiger partial charge on any atom is 0.326 e. The average Bonchev–Trinajstić information content (AvgIpc) is 2.74. The van der Waals surface area contributed by atoms with Crippen molar-refractivity contribution in [3.05, 3.63) is 33.3 Å². The fraction of sp³-hybridized carbons (Fsp3) is 0.333. The summed E-state index contributed by atoms with van der Waals surface area (Å²) in [7, 11) is 0. The predicted octanol–water partition coefficient (Wildman–Crippen LogP) is 1.76. The number of aliphatic hydroxyl groups is 1. The van der Waals surface area contributed by atoms with E-state index in [0.717, 1.165) is 4.90 Å². The number of nitrogens with zero attached hydrogens (tertiary/aromatic N) is 1. The molecule has 1 aromatic rings. The summed E-state index contributed by atoms with van der Waals surface area (Å²) in [5.74, 6) is -1.56. The van der Waals surface area contributed by atoms with Gasteiger partial charge in [-0.1, -0.05) is 11.6 Å².